The first kappa shape index (κ1) is 10.2. The molecule has 1 aromatic rings. The van der Waals surface area contributed by atoms with E-state index in [1.54, 1.807) is 5.56 Å². The van der Waals surface area contributed by atoms with Gasteiger partial charge < -0.3 is 9.80 Å². The predicted molar refractivity (Wildman–Crippen MR) is 68.2 cm³/mol. The van der Waals surface area contributed by atoms with Crippen LogP contribution in [0.25, 0.3) is 0 Å². The molecule has 0 spiro atoms. The van der Waals surface area contributed by atoms with Gasteiger partial charge in [0.2, 0.25) is 0 Å². The second-order valence-corrected chi connectivity index (χ2v) is 5.40. The van der Waals surface area contributed by atoms with Crippen LogP contribution in [0, 0.1) is 6.92 Å². The molecular formula is C14H20N2. The van der Waals surface area contributed by atoms with Crippen molar-refractivity contribution in [3.8, 4) is 0 Å². The Kier molecular flexibility index (Phi) is 2.21. The van der Waals surface area contributed by atoms with Gasteiger partial charge in [-0.3, -0.25) is 0 Å². The minimum Gasteiger partial charge on any atom is -0.371 e. The van der Waals surface area contributed by atoms with Crippen molar-refractivity contribution in [3.05, 3.63) is 29.3 Å². The van der Waals surface area contributed by atoms with Gasteiger partial charge in [0.05, 0.1) is 0 Å². The van der Waals surface area contributed by atoms with Crippen LogP contribution in [0.1, 0.15) is 23.5 Å². The van der Waals surface area contributed by atoms with Crippen LogP contribution in [0.5, 0.6) is 0 Å². The molecule has 0 saturated carbocycles. The van der Waals surface area contributed by atoms with Gasteiger partial charge in [0.15, 0.2) is 0 Å². The van der Waals surface area contributed by atoms with E-state index in [2.05, 4.69) is 49.0 Å². The topological polar surface area (TPSA) is 6.48 Å². The number of rotatable bonds is 0. The Morgan fingerprint density at radius 3 is 2.88 bits per heavy atom. The monoisotopic (exact) mass is 216 g/mol. The average Bonchev–Trinajstić information content (AvgIpc) is 2.52. The van der Waals surface area contributed by atoms with Gasteiger partial charge in [-0.2, -0.15) is 0 Å². The fourth-order valence-corrected chi connectivity index (χ4v) is 3.34. The van der Waals surface area contributed by atoms with Crippen molar-refractivity contribution in [1.29, 1.82) is 0 Å². The van der Waals surface area contributed by atoms with Crippen molar-refractivity contribution in [2.24, 2.45) is 0 Å². The minimum absolute atomic E-state index is 0.721. The molecule has 2 nitrogen and oxygen atoms in total. The van der Waals surface area contributed by atoms with Gasteiger partial charge in [-0.1, -0.05) is 17.7 Å². The highest BCUT2D eigenvalue weighted by Crippen LogP contribution is 2.43. The van der Waals surface area contributed by atoms with E-state index in [4.69, 9.17) is 0 Å². The number of likely N-dealkylation sites (N-methyl/N-ethyl adjacent to an activating group) is 2. The van der Waals surface area contributed by atoms with Crippen molar-refractivity contribution < 1.29 is 0 Å². The molecule has 0 aromatic heterocycles. The average molecular weight is 216 g/mol. The zero-order chi connectivity index (χ0) is 11.3. The van der Waals surface area contributed by atoms with Gasteiger partial charge in [-0.05, 0) is 38.6 Å². The lowest BCUT2D eigenvalue weighted by Crippen LogP contribution is -2.43. The summed E-state index contributed by atoms with van der Waals surface area (Å²) in [6, 6.07) is 7.64. The summed E-state index contributed by atoms with van der Waals surface area (Å²) in [5.74, 6) is 0.721. The van der Waals surface area contributed by atoms with Crippen molar-refractivity contribution in [2.75, 3.05) is 32.1 Å². The Hall–Kier alpha value is -1.02. The lowest BCUT2D eigenvalue weighted by molar-refractivity contribution is 0.234. The van der Waals surface area contributed by atoms with Crippen molar-refractivity contribution in [2.45, 2.75) is 25.3 Å². The molecule has 1 aromatic carbocycles. The Morgan fingerprint density at radius 2 is 2.06 bits per heavy atom. The Balaban J connectivity index is 2.04. The molecule has 16 heavy (non-hydrogen) atoms. The maximum Gasteiger partial charge on any atom is 0.0403 e. The normalized spacial score (nSPS) is 29.1. The smallest absolute Gasteiger partial charge is 0.0403 e. The zero-order valence-electron chi connectivity index (χ0n) is 10.4. The third kappa shape index (κ3) is 1.36. The van der Waals surface area contributed by atoms with E-state index in [1.807, 2.05) is 0 Å². The molecule has 2 aliphatic rings. The summed E-state index contributed by atoms with van der Waals surface area (Å²) in [7, 11) is 4.49. The molecule has 3 rings (SSSR count). The summed E-state index contributed by atoms with van der Waals surface area (Å²) >= 11 is 0. The number of aryl methyl sites for hydroxylation is 1. The number of nitrogens with zero attached hydrogens (tertiary/aromatic N) is 2. The molecule has 0 amide bonds. The van der Waals surface area contributed by atoms with Gasteiger partial charge in [-0.25, -0.2) is 0 Å². The predicted octanol–water partition coefficient (Wildman–Crippen LogP) is 2.23. The molecule has 0 radical (unpaired) electrons. The second kappa shape index (κ2) is 3.49. The van der Waals surface area contributed by atoms with E-state index in [1.165, 1.54) is 30.8 Å². The largest absolute Gasteiger partial charge is 0.371 e. The minimum atomic E-state index is 0.721. The zero-order valence-corrected chi connectivity index (χ0v) is 10.4. The van der Waals surface area contributed by atoms with E-state index < -0.39 is 0 Å². The summed E-state index contributed by atoms with van der Waals surface area (Å²) in [5, 5.41) is 0. The highest BCUT2D eigenvalue weighted by molar-refractivity contribution is 5.62. The van der Waals surface area contributed by atoms with Crippen molar-refractivity contribution in [3.63, 3.8) is 0 Å². The van der Waals surface area contributed by atoms with E-state index >= 15 is 0 Å². The van der Waals surface area contributed by atoms with Gasteiger partial charge in [0.25, 0.3) is 0 Å². The summed E-state index contributed by atoms with van der Waals surface area (Å²) in [5.41, 5.74) is 4.41. The first-order chi connectivity index (χ1) is 7.66. The van der Waals surface area contributed by atoms with Gasteiger partial charge in [-0.15, -0.1) is 0 Å². The fraction of sp³-hybridized carbons (Fsp3) is 0.571. The van der Waals surface area contributed by atoms with Crippen LogP contribution in [0.2, 0.25) is 0 Å². The molecule has 1 saturated heterocycles. The molecule has 2 heterocycles. The van der Waals surface area contributed by atoms with Crippen LogP contribution < -0.4 is 4.90 Å². The number of anilines is 1. The molecule has 2 atom stereocenters. The molecule has 86 valence electrons. The molecule has 1 fully saturated rings. The molecule has 0 unspecified atom stereocenters. The molecule has 0 aliphatic carbocycles. The Morgan fingerprint density at radius 1 is 1.25 bits per heavy atom. The lowest BCUT2D eigenvalue weighted by Gasteiger charge is -2.35. The highest BCUT2D eigenvalue weighted by Gasteiger charge is 2.39. The van der Waals surface area contributed by atoms with Crippen LogP contribution in [0.4, 0.5) is 5.69 Å². The van der Waals surface area contributed by atoms with E-state index in [9.17, 15) is 0 Å². The fourth-order valence-electron chi connectivity index (χ4n) is 3.34. The first-order valence-corrected chi connectivity index (χ1v) is 6.19. The standard InChI is InChI=1S/C14H20N2/c1-10-4-5-13-11(8-10)12-9-15(2)7-6-14(12)16(13)3/h4-5,8,12,14H,6-7,9H2,1-3H3/t12-,14+/m0/s1. The molecule has 2 heteroatoms. The first-order valence-electron chi connectivity index (χ1n) is 6.19. The third-order valence-electron chi connectivity index (χ3n) is 4.24. The lowest BCUT2D eigenvalue weighted by atomic mass is 9.89. The quantitative estimate of drug-likeness (QED) is 0.656. The molecular weight excluding hydrogens is 196 g/mol. The van der Waals surface area contributed by atoms with Crippen LogP contribution in [-0.2, 0) is 0 Å². The summed E-state index contributed by atoms with van der Waals surface area (Å²) < 4.78 is 0. The third-order valence-corrected chi connectivity index (χ3v) is 4.24. The maximum absolute atomic E-state index is 2.49. The highest BCUT2D eigenvalue weighted by atomic mass is 15.2. The SMILES string of the molecule is Cc1ccc2c(c1)[C@@H]1CN(C)CC[C@H]1N2C. The number of hydrogen-bond acceptors (Lipinski definition) is 2. The van der Waals surface area contributed by atoms with Crippen LogP contribution in [0.3, 0.4) is 0 Å². The van der Waals surface area contributed by atoms with Gasteiger partial charge >= 0.3 is 0 Å². The van der Waals surface area contributed by atoms with Crippen molar-refractivity contribution >= 4 is 5.69 Å². The molecule has 2 aliphatic heterocycles. The Bertz CT molecular complexity index is 413. The van der Waals surface area contributed by atoms with Crippen LogP contribution >= 0.6 is 0 Å². The summed E-state index contributed by atoms with van der Waals surface area (Å²) in [6.07, 6.45) is 1.30. The van der Waals surface area contributed by atoms with Crippen molar-refractivity contribution in [1.82, 2.24) is 4.90 Å². The van der Waals surface area contributed by atoms with Crippen LogP contribution in [0.15, 0.2) is 18.2 Å². The van der Waals surface area contributed by atoms with Gasteiger partial charge in [0, 0.05) is 31.2 Å². The second-order valence-electron chi connectivity index (χ2n) is 5.40. The van der Waals surface area contributed by atoms with E-state index in [0.717, 1.165) is 12.0 Å². The number of likely N-dealkylation sites (tertiary alicyclic amines) is 1. The molecule has 0 bridgehead atoms. The van der Waals surface area contributed by atoms with Gasteiger partial charge in [0.1, 0.15) is 0 Å². The number of fused-ring (bicyclic) bond motifs is 3. The summed E-state index contributed by atoms with van der Waals surface area (Å²) in [4.78, 5) is 4.96. The number of hydrogen-bond donors (Lipinski definition) is 0. The maximum atomic E-state index is 2.49. The Labute approximate surface area is 97.9 Å². The molecule has 0 N–H and O–H groups in total. The number of benzene rings is 1. The summed E-state index contributed by atoms with van der Waals surface area (Å²) in [6.45, 7) is 4.64. The number of piperidine rings is 1. The van der Waals surface area contributed by atoms with E-state index in [0.29, 0.717) is 0 Å². The van der Waals surface area contributed by atoms with Crippen LogP contribution in [-0.4, -0.2) is 38.1 Å². The van der Waals surface area contributed by atoms with E-state index in [-0.39, 0.29) is 0 Å².